The molecule has 0 radical (unpaired) electrons. The summed E-state index contributed by atoms with van der Waals surface area (Å²) in [4.78, 5) is 26.4. The second-order valence-electron chi connectivity index (χ2n) is 3.39. The largest absolute Gasteiger partial charge is 0.364 e. The van der Waals surface area contributed by atoms with Crippen LogP contribution in [-0.4, -0.2) is 22.8 Å². The normalized spacial score (nSPS) is 10.1. The van der Waals surface area contributed by atoms with Gasteiger partial charge < -0.3 is 11.1 Å². The van der Waals surface area contributed by atoms with Gasteiger partial charge in [-0.1, -0.05) is 0 Å². The van der Waals surface area contributed by atoms with Crippen LogP contribution in [0.1, 0.15) is 34.7 Å². The summed E-state index contributed by atoms with van der Waals surface area (Å²) in [6.07, 6.45) is 1.42. The van der Waals surface area contributed by atoms with Gasteiger partial charge >= 0.3 is 0 Å². The third-order valence-corrected chi connectivity index (χ3v) is 1.71. The molecule has 0 spiro atoms. The van der Waals surface area contributed by atoms with Crippen LogP contribution in [0, 0.1) is 0 Å². The van der Waals surface area contributed by atoms with Gasteiger partial charge in [-0.05, 0) is 26.0 Å². The minimum atomic E-state index is -0.704. The Bertz CT molecular complexity index is 388. The van der Waals surface area contributed by atoms with Crippen molar-refractivity contribution in [1.82, 2.24) is 10.3 Å². The maximum atomic E-state index is 11.6. The first kappa shape index (κ1) is 11.2. The van der Waals surface area contributed by atoms with E-state index in [1.807, 2.05) is 13.8 Å². The third-order valence-electron chi connectivity index (χ3n) is 1.71. The molecule has 0 atom stereocenters. The van der Waals surface area contributed by atoms with Crippen molar-refractivity contribution in [3.63, 3.8) is 0 Å². The standard InChI is InChI=1S/C10H13N3O2/c1-6(2)13-10(15)7-4-3-5-12-8(7)9(11)14/h3-6H,1-2H3,(H2,11,14)(H,13,15). The Morgan fingerprint density at radius 2 is 2.13 bits per heavy atom. The maximum absolute atomic E-state index is 11.6. The van der Waals surface area contributed by atoms with Crippen molar-refractivity contribution in [2.45, 2.75) is 19.9 Å². The number of rotatable bonds is 3. The second-order valence-corrected chi connectivity index (χ2v) is 3.39. The molecular formula is C10H13N3O2. The van der Waals surface area contributed by atoms with E-state index in [-0.39, 0.29) is 23.2 Å². The maximum Gasteiger partial charge on any atom is 0.268 e. The van der Waals surface area contributed by atoms with E-state index in [2.05, 4.69) is 10.3 Å². The molecule has 0 aliphatic carbocycles. The Morgan fingerprint density at radius 1 is 1.47 bits per heavy atom. The SMILES string of the molecule is CC(C)NC(=O)c1cccnc1C(N)=O. The molecule has 0 aromatic carbocycles. The number of amides is 2. The van der Waals surface area contributed by atoms with Crippen molar-refractivity contribution < 1.29 is 9.59 Å². The van der Waals surface area contributed by atoms with Gasteiger partial charge in [0.25, 0.3) is 11.8 Å². The molecular weight excluding hydrogens is 194 g/mol. The number of primary amides is 1. The molecule has 0 aliphatic heterocycles. The van der Waals surface area contributed by atoms with Gasteiger partial charge in [0, 0.05) is 12.2 Å². The lowest BCUT2D eigenvalue weighted by atomic mass is 10.1. The van der Waals surface area contributed by atoms with Gasteiger partial charge in [-0.25, -0.2) is 0 Å². The van der Waals surface area contributed by atoms with Crippen LogP contribution in [0.25, 0.3) is 0 Å². The highest BCUT2D eigenvalue weighted by molar-refractivity contribution is 6.05. The number of aromatic nitrogens is 1. The zero-order valence-corrected chi connectivity index (χ0v) is 8.65. The molecule has 5 nitrogen and oxygen atoms in total. The second kappa shape index (κ2) is 4.54. The van der Waals surface area contributed by atoms with Gasteiger partial charge in [0.05, 0.1) is 5.56 Å². The Labute approximate surface area is 87.7 Å². The molecule has 80 valence electrons. The highest BCUT2D eigenvalue weighted by atomic mass is 16.2. The molecule has 15 heavy (non-hydrogen) atoms. The summed E-state index contributed by atoms with van der Waals surface area (Å²) in [6.45, 7) is 3.66. The first-order chi connectivity index (χ1) is 7.02. The van der Waals surface area contributed by atoms with E-state index in [1.54, 1.807) is 6.07 Å². The van der Waals surface area contributed by atoms with Crippen LogP contribution in [0.4, 0.5) is 0 Å². The predicted octanol–water partition coefficient (Wildman–Crippen LogP) is 0.319. The molecule has 1 rings (SSSR count). The van der Waals surface area contributed by atoms with Crippen molar-refractivity contribution in [3.05, 3.63) is 29.6 Å². The molecule has 1 aromatic heterocycles. The predicted molar refractivity (Wildman–Crippen MR) is 55.4 cm³/mol. The van der Waals surface area contributed by atoms with Crippen molar-refractivity contribution >= 4 is 11.8 Å². The minimum Gasteiger partial charge on any atom is -0.364 e. The van der Waals surface area contributed by atoms with Crippen LogP contribution in [0.3, 0.4) is 0 Å². The van der Waals surface area contributed by atoms with E-state index in [0.717, 1.165) is 0 Å². The number of nitrogens with zero attached hydrogens (tertiary/aromatic N) is 1. The average Bonchev–Trinajstić information content (AvgIpc) is 2.16. The molecule has 1 aromatic rings. The van der Waals surface area contributed by atoms with E-state index < -0.39 is 5.91 Å². The molecule has 3 N–H and O–H groups in total. The van der Waals surface area contributed by atoms with Crippen LogP contribution in [-0.2, 0) is 0 Å². The van der Waals surface area contributed by atoms with E-state index in [4.69, 9.17) is 5.73 Å². The lowest BCUT2D eigenvalue weighted by molar-refractivity contribution is 0.0925. The zero-order chi connectivity index (χ0) is 11.4. The number of carbonyl (C=O) groups is 2. The highest BCUT2D eigenvalue weighted by Gasteiger charge is 2.16. The third kappa shape index (κ3) is 2.77. The summed E-state index contributed by atoms with van der Waals surface area (Å²) in [5, 5.41) is 2.67. The lowest BCUT2D eigenvalue weighted by Gasteiger charge is -2.09. The molecule has 2 amide bonds. The molecule has 5 heteroatoms. The molecule has 0 saturated carbocycles. The number of hydrogen-bond acceptors (Lipinski definition) is 3. The van der Waals surface area contributed by atoms with Crippen LogP contribution in [0.15, 0.2) is 18.3 Å². The van der Waals surface area contributed by atoms with E-state index in [0.29, 0.717) is 0 Å². The van der Waals surface area contributed by atoms with Crippen molar-refractivity contribution in [3.8, 4) is 0 Å². The molecule has 0 fully saturated rings. The summed E-state index contributed by atoms with van der Waals surface area (Å²) in [5.41, 5.74) is 5.30. The average molecular weight is 207 g/mol. The fraction of sp³-hybridized carbons (Fsp3) is 0.300. The first-order valence-corrected chi connectivity index (χ1v) is 4.58. The number of hydrogen-bond donors (Lipinski definition) is 2. The van der Waals surface area contributed by atoms with Gasteiger partial charge in [-0.15, -0.1) is 0 Å². The Balaban J connectivity index is 3.03. The topological polar surface area (TPSA) is 85.1 Å². The van der Waals surface area contributed by atoms with Crippen molar-refractivity contribution in [2.24, 2.45) is 5.73 Å². The van der Waals surface area contributed by atoms with Gasteiger partial charge in [-0.2, -0.15) is 0 Å². The van der Waals surface area contributed by atoms with E-state index in [9.17, 15) is 9.59 Å². The minimum absolute atomic E-state index is 0.00145. The summed E-state index contributed by atoms with van der Waals surface area (Å²) in [7, 11) is 0. The smallest absolute Gasteiger partial charge is 0.268 e. The highest BCUT2D eigenvalue weighted by Crippen LogP contribution is 2.04. The van der Waals surface area contributed by atoms with E-state index >= 15 is 0 Å². The van der Waals surface area contributed by atoms with Gasteiger partial charge in [0.15, 0.2) is 0 Å². The zero-order valence-electron chi connectivity index (χ0n) is 8.65. The fourth-order valence-corrected chi connectivity index (χ4v) is 1.12. The first-order valence-electron chi connectivity index (χ1n) is 4.58. The summed E-state index contributed by atoms with van der Waals surface area (Å²) in [6, 6.07) is 3.10. The van der Waals surface area contributed by atoms with Gasteiger partial charge in [0.2, 0.25) is 0 Å². The monoisotopic (exact) mass is 207 g/mol. The number of pyridine rings is 1. The van der Waals surface area contributed by atoms with Gasteiger partial charge in [-0.3, -0.25) is 14.6 Å². The van der Waals surface area contributed by atoms with Crippen LogP contribution >= 0.6 is 0 Å². The summed E-state index contributed by atoms with van der Waals surface area (Å²) >= 11 is 0. The Morgan fingerprint density at radius 3 is 2.67 bits per heavy atom. The number of nitrogens with two attached hydrogens (primary N) is 1. The Kier molecular flexibility index (Phi) is 3.38. The van der Waals surface area contributed by atoms with Crippen LogP contribution in [0.2, 0.25) is 0 Å². The molecule has 0 saturated heterocycles. The summed E-state index contributed by atoms with van der Waals surface area (Å²) in [5.74, 6) is -1.04. The summed E-state index contributed by atoms with van der Waals surface area (Å²) < 4.78 is 0. The number of carbonyl (C=O) groups excluding carboxylic acids is 2. The molecule has 1 heterocycles. The van der Waals surface area contributed by atoms with E-state index in [1.165, 1.54) is 12.3 Å². The quantitative estimate of drug-likeness (QED) is 0.748. The van der Waals surface area contributed by atoms with Gasteiger partial charge in [0.1, 0.15) is 5.69 Å². The molecule has 0 unspecified atom stereocenters. The number of nitrogens with one attached hydrogen (secondary N) is 1. The van der Waals surface area contributed by atoms with Crippen molar-refractivity contribution in [2.75, 3.05) is 0 Å². The molecule has 0 bridgehead atoms. The van der Waals surface area contributed by atoms with Crippen LogP contribution in [0.5, 0.6) is 0 Å². The Hall–Kier alpha value is -1.91. The molecule has 0 aliphatic rings. The van der Waals surface area contributed by atoms with Crippen LogP contribution < -0.4 is 11.1 Å². The fourth-order valence-electron chi connectivity index (χ4n) is 1.12. The lowest BCUT2D eigenvalue weighted by Crippen LogP contribution is -2.32. The van der Waals surface area contributed by atoms with Crippen molar-refractivity contribution in [1.29, 1.82) is 0 Å².